The van der Waals surface area contributed by atoms with Crippen LogP contribution in [0.5, 0.6) is 0 Å². The molecule has 1 fully saturated rings. The zero-order chi connectivity index (χ0) is 15.6. The van der Waals surface area contributed by atoms with E-state index < -0.39 is 0 Å². The van der Waals surface area contributed by atoms with Crippen LogP contribution in [0.1, 0.15) is 40.5 Å². The van der Waals surface area contributed by atoms with Crippen LogP contribution in [0.2, 0.25) is 5.02 Å². The van der Waals surface area contributed by atoms with Gasteiger partial charge in [0.1, 0.15) is 0 Å². The number of piperazine rings is 1. The summed E-state index contributed by atoms with van der Waals surface area (Å²) in [6.45, 7) is 11.2. The van der Waals surface area contributed by atoms with Crippen LogP contribution in [-0.2, 0) is 0 Å². The minimum absolute atomic E-state index is 0.202. The first kappa shape index (κ1) is 17.1. The van der Waals surface area contributed by atoms with Crippen molar-refractivity contribution in [3.05, 3.63) is 27.7 Å². The minimum Gasteiger partial charge on any atom is -0.364 e. The molecule has 1 aliphatic heterocycles. The first-order chi connectivity index (χ1) is 9.92. The Morgan fingerprint density at radius 3 is 2.62 bits per heavy atom. The van der Waals surface area contributed by atoms with Crippen molar-refractivity contribution < 1.29 is 0 Å². The highest BCUT2D eigenvalue weighted by atomic mass is 79.9. The van der Waals surface area contributed by atoms with E-state index in [1.807, 2.05) is 6.07 Å². The van der Waals surface area contributed by atoms with Gasteiger partial charge in [-0.1, -0.05) is 39.3 Å². The molecule has 0 bridgehead atoms. The van der Waals surface area contributed by atoms with E-state index in [0.717, 1.165) is 35.4 Å². The summed E-state index contributed by atoms with van der Waals surface area (Å²) in [6, 6.07) is 6.57. The summed E-state index contributed by atoms with van der Waals surface area (Å²) >= 11 is 9.94. The van der Waals surface area contributed by atoms with Crippen molar-refractivity contribution >= 4 is 33.2 Å². The molecule has 1 unspecified atom stereocenters. The highest BCUT2D eigenvalue weighted by molar-refractivity contribution is 9.10. The average Bonchev–Trinajstić information content (AvgIpc) is 2.49. The fourth-order valence-electron chi connectivity index (χ4n) is 3.22. The van der Waals surface area contributed by atoms with Gasteiger partial charge >= 0.3 is 0 Å². The molecule has 4 heteroatoms. The van der Waals surface area contributed by atoms with Crippen LogP contribution in [0.3, 0.4) is 0 Å². The third-order valence-corrected chi connectivity index (χ3v) is 5.81. The molecule has 0 amide bonds. The molecule has 1 saturated heterocycles. The normalized spacial score (nSPS) is 21.9. The van der Waals surface area contributed by atoms with Crippen LogP contribution in [0.25, 0.3) is 0 Å². The lowest BCUT2D eigenvalue weighted by atomic mass is 9.86. The van der Waals surface area contributed by atoms with Crippen molar-refractivity contribution in [1.29, 1.82) is 0 Å². The molecule has 1 aromatic rings. The van der Waals surface area contributed by atoms with Gasteiger partial charge in [0, 0.05) is 34.2 Å². The number of rotatable bonds is 4. The first-order valence-corrected chi connectivity index (χ1v) is 9.06. The maximum Gasteiger partial charge on any atom is 0.0529 e. The van der Waals surface area contributed by atoms with E-state index in [9.17, 15) is 0 Å². The molecule has 118 valence electrons. The number of hydrogen-bond acceptors (Lipinski definition) is 2. The van der Waals surface area contributed by atoms with Gasteiger partial charge in [-0.3, -0.25) is 0 Å². The van der Waals surface area contributed by atoms with Crippen molar-refractivity contribution in [3.63, 3.8) is 0 Å². The van der Waals surface area contributed by atoms with E-state index in [2.05, 4.69) is 66.0 Å². The molecule has 2 nitrogen and oxygen atoms in total. The van der Waals surface area contributed by atoms with Crippen molar-refractivity contribution in [2.75, 3.05) is 18.0 Å². The molecule has 0 saturated carbocycles. The molecule has 0 spiro atoms. The predicted octanol–water partition coefficient (Wildman–Crippen LogP) is 5.10. The number of nitrogens with one attached hydrogen (secondary N) is 1. The zero-order valence-corrected chi connectivity index (χ0v) is 15.8. The predicted molar refractivity (Wildman–Crippen MR) is 96.4 cm³/mol. The molecule has 1 atom stereocenters. The van der Waals surface area contributed by atoms with Crippen LogP contribution >= 0.6 is 27.5 Å². The summed E-state index contributed by atoms with van der Waals surface area (Å²) in [5.74, 6) is 0.593. The number of anilines is 1. The Kier molecular flexibility index (Phi) is 5.61. The van der Waals surface area contributed by atoms with Gasteiger partial charge in [-0.25, -0.2) is 0 Å². The SMILES string of the molecule is CCC1(CC)CN(c2cc(Cl)ccc2Br)C(C(C)C)CN1. The molecule has 0 radical (unpaired) electrons. The Balaban J connectivity index is 2.40. The van der Waals surface area contributed by atoms with E-state index in [4.69, 9.17) is 11.6 Å². The topological polar surface area (TPSA) is 15.3 Å². The molecule has 1 aromatic carbocycles. The standard InChI is InChI=1S/C17H26BrClN2/c1-5-17(6-2)11-21(16(10-20-17)12(3)4)15-9-13(19)7-8-14(15)18/h7-9,12,16,20H,5-6,10-11H2,1-4H3. The second-order valence-corrected chi connectivity index (χ2v) is 7.69. The zero-order valence-electron chi connectivity index (χ0n) is 13.4. The summed E-state index contributed by atoms with van der Waals surface area (Å²) in [6.07, 6.45) is 2.28. The van der Waals surface area contributed by atoms with E-state index >= 15 is 0 Å². The Bertz CT molecular complexity index is 486. The number of benzene rings is 1. The highest BCUT2D eigenvalue weighted by Gasteiger charge is 2.38. The Morgan fingerprint density at radius 1 is 1.38 bits per heavy atom. The average molecular weight is 374 g/mol. The van der Waals surface area contributed by atoms with E-state index in [0.29, 0.717) is 12.0 Å². The Hall–Kier alpha value is -0.250. The lowest BCUT2D eigenvalue weighted by molar-refractivity contribution is 0.227. The molecule has 0 aromatic heterocycles. The fraction of sp³-hybridized carbons (Fsp3) is 0.647. The van der Waals surface area contributed by atoms with E-state index in [1.165, 1.54) is 5.69 Å². The quantitative estimate of drug-likeness (QED) is 0.790. The molecule has 1 N–H and O–H groups in total. The summed E-state index contributed by atoms with van der Waals surface area (Å²) in [4.78, 5) is 2.55. The number of halogens is 2. The summed E-state index contributed by atoms with van der Waals surface area (Å²) in [5.41, 5.74) is 1.42. The highest BCUT2D eigenvalue weighted by Crippen LogP contribution is 2.36. The molecule has 1 aliphatic rings. The monoisotopic (exact) mass is 372 g/mol. The van der Waals surface area contributed by atoms with Gasteiger partial charge in [0.05, 0.1) is 5.69 Å². The maximum atomic E-state index is 6.24. The first-order valence-electron chi connectivity index (χ1n) is 7.89. The van der Waals surface area contributed by atoms with Crippen LogP contribution in [0.4, 0.5) is 5.69 Å². The minimum atomic E-state index is 0.202. The summed E-state index contributed by atoms with van der Waals surface area (Å²) in [7, 11) is 0. The largest absolute Gasteiger partial charge is 0.364 e. The van der Waals surface area contributed by atoms with Crippen LogP contribution in [0.15, 0.2) is 22.7 Å². The van der Waals surface area contributed by atoms with Gasteiger partial charge in [0.15, 0.2) is 0 Å². The van der Waals surface area contributed by atoms with Crippen LogP contribution in [-0.4, -0.2) is 24.7 Å². The molecular weight excluding hydrogens is 348 g/mol. The van der Waals surface area contributed by atoms with Crippen molar-refractivity contribution in [2.45, 2.75) is 52.1 Å². The third-order valence-electron chi connectivity index (χ3n) is 4.90. The molecule has 1 heterocycles. The van der Waals surface area contributed by atoms with Crippen molar-refractivity contribution in [3.8, 4) is 0 Å². The molecule has 2 rings (SSSR count). The van der Waals surface area contributed by atoms with Gasteiger partial charge in [0.25, 0.3) is 0 Å². The van der Waals surface area contributed by atoms with Crippen molar-refractivity contribution in [2.24, 2.45) is 5.92 Å². The lowest BCUT2D eigenvalue weighted by Crippen LogP contribution is -2.65. The van der Waals surface area contributed by atoms with Gasteiger partial charge < -0.3 is 10.2 Å². The Labute approximate surface area is 142 Å². The molecular formula is C17H26BrClN2. The summed E-state index contributed by atoms with van der Waals surface area (Å²) < 4.78 is 1.13. The fourth-order valence-corrected chi connectivity index (χ4v) is 3.86. The summed E-state index contributed by atoms with van der Waals surface area (Å²) in [5, 5.41) is 4.61. The smallest absolute Gasteiger partial charge is 0.0529 e. The molecule has 21 heavy (non-hydrogen) atoms. The van der Waals surface area contributed by atoms with Gasteiger partial charge in [0.2, 0.25) is 0 Å². The maximum absolute atomic E-state index is 6.24. The second kappa shape index (κ2) is 6.89. The third kappa shape index (κ3) is 3.57. The van der Waals surface area contributed by atoms with Crippen LogP contribution in [0, 0.1) is 5.92 Å². The van der Waals surface area contributed by atoms with Gasteiger partial charge in [-0.15, -0.1) is 0 Å². The van der Waals surface area contributed by atoms with Gasteiger partial charge in [-0.05, 0) is 52.9 Å². The van der Waals surface area contributed by atoms with Crippen molar-refractivity contribution in [1.82, 2.24) is 5.32 Å². The lowest BCUT2D eigenvalue weighted by Gasteiger charge is -2.50. The van der Waals surface area contributed by atoms with E-state index in [1.54, 1.807) is 0 Å². The number of hydrogen-bond donors (Lipinski definition) is 1. The Morgan fingerprint density at radius 2 is 2.05 bits per heavy atom. The molecule has 0 aliphatic carbocycles. The van der Waals surface area contributed by atoms with E-state index in [-0.39, 0.29) is 5.54 Å². The van der Waals surface area contributed by atoms with Gasteiger partial charge in [-0.2, -0.15) is 0 Å². The second-order valence-electron chi connectivity index (χ2n) is 6.40. The van der Waals surface area contributed by atoms with Crippen LogP contribution < -0.4 is 10.2 Å². The number of nitrogens with zero attached hydrogens (tertiary/aromatic N) is 1.